The van der Waals surface area contributed by atoms with Crippen molar-refractivity contribution in [1.82, 2.24) is 0 Å². The van der Waals surface area contributed by atoms with E-state index in [-0.39, 0.29) is 6.04 Å². The van der Waals surface area contributed by atoms with E-state index >= 15 is 0 Å². The van der Waals surface area contributed by atoms with Gasteiger partial charge in [-0.1, -0.05) is 24.3 Å². The van der Waals surface area contributed by atoms with Gasteiger partial charge >= 0.3 is 0 Å². The predicted molar refractivity (Wildman–Crippen MR) is 73.5 cm³/mol. The second kappa shape index (κ2) is 4.28. The van der Waals surface area contributed by atoms with Crippen LogP contribution in [0.2, 0.25) is 0 Å². The van der Waals surface area contributed by atoms with Gasteiger partial charge in [-0.3, -0.25) is 0 Å². The first kappa shape index (κ1) is 11.0. The zero-order valence-corrected chi connectivity index (χ0v) is 10.8. The first-order valence-corrected chi connectivity index (χ1v) is 7.02. The summed E-state index contributed by atoms with van der Waals surface area (Å²) in [5, 5.41) is 2.14. The van der Waals surface area contributed by atoms with E-state index in [1.807, 2.05) is 0 Å². The summed E-state index contributed by atoms with van der Waals surface area (Å²) in [7, 11) is 0. The second-order valence-electron chi connectivity index (χ2n) is 4.80. The van der Waals surface area contributed by atoms with Crippen molar-refractivity contribution in [1.29, 1.82) is 0 Å². The maximum atomic E-state index is 6.47. The fourth-order valence-electron chi connectivity index (χ4n) is 2.92. The molecule has 1 aromatic carbocycles. The molecule has 0 aliphatic heterocycles. The van der Waals surface area contributed by atoms with Crippen LogP contribution in [-0.2, 0) is 6.42 Å². The van der Waals surface area contributed by atoms with Gasteiger partial charge in [0.15, 0.2) is 0 Å². The molecule has 0 fully saturated rings. The van der Waals surface area contributed by atoms with E-state index in [2.05, 4.69) is 42.6 Å². The highest BCUT2D eigenvalue weighted by molar-refractivity contribution is 7.10. The molecule has 1 aliphatic rings. The first-order chi connectivity index (χ1) is 8.27. The summed E-state index contributed by atoms with van der Waals surface area (Å²) in [6, 6.07) is 11.1. The molecule has 88 valence electrons. The molecule has 2 heteroatoms. The number of aryl methyl sites for hydroxylation is 2. The molecule has 3 rings (SSSR count). The number of rotatable bonds is 2. The van der Waals surface area contributed by atoms with Crippen molar-refractivity contribution in [2.45, 2.75) is 31.7 Å². The molecule has 2 atom stereocenters. The molecule has 0 saturated heterocycles. The topological polar surface area (TPSA) is 26.0 Å². The Bertz CT molecular complexity index is 529. The molecule has 2 N–H and O–H groups in total. The highest BCUT2D eigenvalue weighted by Crippen LogP contribution is 2.41. The molecule has 17 heavy (non-hydrogen) atoms. The molecule has 0 saturated carbocycles. The Hall–Kier alpha value is -1.12. The van der Waals surface area contributed by atoms with Crippen LogP contribution in [0.15, 0.2) is 35.7 Å². The lowest BCUT2D eigenvalue weighted by atomic mass is 9.89. The van der Waals surface area contributed by atoms with Crippen molar-refractivity contribution < 1.29 is 0 Å². The van der Waals surface area contributed by atoms with Crippen molar-refractivity contribution >= 4 is 11.3 Å². The SMILES string of the molecule is Cc1sccc1C(N)C1CCc2ccccc21. The number of thiophene rings is 1. The Labute approximate surface area is 106 Å². The van der Waals surface area contributed by atoms with Gasteiger partial charge in [-0.05, 0) is 47.9 Å². The zero-order chi connectivity index (χ0) is 11.8. The van der Waals surface area contributed by atoms with Gasteiger partial charge < -0.3 is 5.73 Å². The van der Waals surface area contributed by atoms with Crippen LogP contribution in [0.5, 0.6) is 0 Å². The lowest BCUT2D eigenvalue weighted by Crippen LogP contribution is -2.18. The van der Waals surface area contributed by atoms with Crippen LogP contribution < -0.4 is 5.73 Å². The van der Waals surface area contributed by atoms with Gasteiger partial charge in [0, 0.05) is 16.8 Å². The molecule has 0 radical (unpaired) electrons. The van der Waals surface area contributed by atoms with Crippen LogP contribution in [0.3, 0.4) is 0 Å². The summed E-state index contributed by atoms with van der Waals surface area (Å²) >= 11 is 1.79. The van der Waals surface area contributed by atoms with Crippen molar-refractivity contribution in [2.75, 3.05) is 0 Å². The first-order valence-electron chi connectivity index (χ1n) is 6.15. The minimum atomic E-state index is 0.157. The largest absolute Gasteiger partial charge is 0.323 e. The molecular weight excluding hydrogens is 226 g/mol. The maximum Gasteiger partial charge on any atom is 0.0375 e. The molecule has 0 amide bonds. The van der Waals surface area contributed by atoms with Crippen molar-refractivity contribution in [3.05, 3.63) is 57.3 Å². The zero-order valence-electron chi connectivity index (χ0n) is 10.0. The number of hydrogen-bond acceptors (Lipinski definition) is 2. The van der Waals surface area contributed by atoms with E-state index in [0.717, 1.165) is 0 Å². The van der Waals surface area contributed by atoms with E-state index in [1.54, 1.807) is 11.3 Å². The molecule has 1 nitrogen and oxygen atoms in total. The van der Waals surface area contributed by atoms with Gasteiger partial charge in [0.05, 0.1) is 0 Å². The monoisotopic (exact) mass is 243 g/mol. The summed E-state index contributed by atoms with van der Waals surface area (Å²) in [5.74, 6) is 0.500. The van der Waals surface area contributed by atoms with E-state index in [9.17, 15) is 0 Å². The molecule has 0 spiro atoms. The van der Waals surface area contributed by atoms with Gasteiger partial charge in [0.25, 0.3) is 0 Å². The fraction of sp³-hybridized carbons (Fsp3) is 0.333. The summed E-state index contributed by atoms with van der Waals surface area (Å²) in [6.07, 6.45) is 2.37. The van der Waals surface area contributed by atoms with Crippen molar-refractivity contribution in [3.63, 3.8) is 0 Å². The third-order valence-electron chi connectivity index (χ3n) is 3.87. The lowest BCUT2D eigenvalue weighted by Gasteiger charge is -2.20. The van der Waals surface area contributed by atoms with Gasteiger partial charge in [-0.25, -0.2) is 0 Å². The summed E-state index contributed by atoms with van der Waals surface area (Å²) < 4.78 is 0. The van der Waals surface area contributed by atoms with Crippen LogP contribution in [0.25, 0.3) is 0 Å². The maximum absolute atomic E-state index is 6.47. The Morgan fingerprint density at radius 3 is 2.88 bits per heavy atom. The fourth-order valence-corrected chi connectivity index (χ4v) is 3.68. The molecule has 2 unspecified atom stereocenters. The van der Waals surface area contributed by atoms with Crippen LogP contribution in [0, 0.1) is 6.92 Å². The summed E-state index contributed by atoms with van der Waals surface area (Å²) in [5.41, 5.74) is 10.7. The van der Waals surface area contributed by atoms with Gasteiger partial charge in [-0.15, -0.1) is 11.3 Å². The van der Waals surface area contributed by atoms with Crippen LogP contribution in [0.4, 0.5) is 0 Å². The van der Waals surface area contributed by atoms with E-state index in [1.165, 1.54) is 34.4 Å². The lowest BCUT2D eigenvalue weighted by molar-refractivity contribution is 0.550. The normalized spacial score (nSPS) is 20.2. The third-order valence-corrected chi connectivity index (χ3v) is 4.73. The molecule has 2 aromatic rings. The number of fused-ring (bicyclic) bond motifs is 1. The van der Waals surface area contributed by atoms with Crippen molar-refractivity contribution in [2.24, 2.45) is 5.73 Å². The minimum absolute atomic E-state index is 0.157. The molecule has 1 aromatic heterocycles. The number of nitrogens with two attached hydrogens (primary N) is 1. The van der Waals surface area contributed by atoms with E-state index in [0.29, 0.717) is 5.92 Å². The Kier molecular flexibility index (Phi) is 2.77. The number of hydrogen-bond donors (Lipinski definition) is 1. The summed E-state index contributed by atoms with van der Waals surface area (Å²) in [6.45, 7) is 2.17. The van der Waals surface area contributed by atoms with E-state index < -0.39 is 0 Å². The standard InChI is InChI=1S/C15H17NS/c1-10-12(8-9-17-10)15(16)14-7-6-11-4-2-3-5-13(11)14/h2-5,8-9,14-15H,6-7,16H2,1H3. The highest BCUT2D eigenvalue weighted by Gasteiger charge is 2.29. The van der Waals surface area contributed by atoms with Gasteiger partial charge in [0.1, 0.15) is 0 Å². The molecule has 1 heterocycles. The average Bonchev–Trinajstić information content (AvgIpc) is 2.94. The molecular formula is C15H17NS. The Morgan fingerprint density at radius 2 is 2.12 bits per heavy atom. The van der Waals surface area contributed by atoms with E-state index in [4.69, 9.17) is 5.73 Å². The van der Waals surface area contributed by atoms with Crippen LogP contribution >= 0.6 is 11.3 Å². The Morgan fingerprint density at radius 1 is 1.29 bits per heavy atom. The Balaban J connectivity index is 1.95. The summed E-state index contributed by atoms with van der Waals surface area (Å²) in [4.78, 5) is 1.36. The highest BCUT2D eigenvalue weighted by atomic mass is 32.1. The van der Waals surface area contributed by atoms with Crippen LogP contribution in [-0.4, -0.2) is 0 Å². The second-order valence-corrected chi connectivity index (χ2v) is 5.92. The molecule has 1 aliphatic carbocycles. The molecule has 0 bridgehead atoms. The van der Waals surface area contributed by atoms with Crippen LogP contribution in [0.1, 0.15) is 39.9 Å². The smallest absolute Gasteiger partial charge is 0.0375 e. The quantitative estimate of drug-likeness (QED) is 0.853. The average molecular weight is 243 g/mol. The number of benzene rings is 1. The van der Waals surface area contributed by atoms with Gasteiger partial charge in [0.2, 0.25) is 0 Å². The van der Waals surface area contributed by atoms with Gasteiger partial charge in [-0.2, -0.15) is 0 Å². The van der Waals surface area contributed by atoms with Crippen molar-refractivity contribution in [3.8, 4) is 0 Å². The third kappa shape index (κ3) is 1.81. The minimum Gasteiger partial charge on any atom is -0.323 e. The predicted octanol–water partition coefficient (Wildman–Crippen LogP) is 3.79.